The summed E-state index contributed by atoms with van der Waals surface area (Å²) in [5.41, 5.74) is -4.35. The summed E-state index contributed by atoms with van der Waals surface area (Å²) in [6, 6.07) is 0. The van der Waals surface area contributed by atoms with E-state index in [1.165, 1.54) is 0 Å². The van der Waals surface area contributed by atoms with Crippen LogP contribution < -0.4 is 0 Å². The van der Waals surface area contributed by atoms with E-state index in [0.717, 1.165) is 44.1 Å². The minimum atomic E-state index is -5.66. The number of unbranched alkanes of at least 4 members (excludes halogenated alkanes) is 1. The van der Waals surface area contributed by atoms with E-state index < -0.39 is 21.5 Å². The zero-order valence-electron chi connectivity index (χ0n) is 16.3. The van der Waals surface area contributed by atoms with Crippen molar-refractivity contribution in [2.24, 2.45) is 11.8 Å². The molecule has 0 aromatic rings. The highest BCUT2D eigenvalue weighted by molar-refractivity contribution is 7.87. The van der Waals surface area contributed by atoms with Crippen LogP contribution >= 0.6 is 0 Å². The molecule has 0 aromatic carbocycles. The lowest BCUT2D eigenvalue weighted by Gasteiger charge is -2.21. The minimum absolute atomic E-state index is 0.0228. The molecule has 8 heteroatoms. The van der Waals surface area contributed by atoms with Crippen molar-refractivity contribution in [2.75, 3.05) is 0 Å². The molecule has 1 aliphatic rings. The van der Waals surface area contributed by atoms with Crippen molar-refractivity contribution in [2.45, 2.75) is 83.4 Å². The summed E-state index contributed by atoms with van der Waals surface area (Å²) in [6.45, 7) is 13.2. The van der Waals surface area contributed by atoms with E-state index in [-0.39, 0.29) is 23.9 Å². The molecule has 0 amide bonds. The van der Waals surface area contributed by atoms with Crippen LogP contribution in [0.5, 0.6) is 0 Å². The van der Waals surface area contributed by atoms with Gasteiger partial charge < -0.3 is 8.92 Å². The molecule has 158 valence electrons. The SMILES string of the molecule is C=C(OS(=O)(=O)C(F)(F)F)[C@H](C)CC(C)CC[C@@H]1O[C@@H](CCCC)CC1=C. The van der Waals surface area contributed by atoms with E-state index in [0.29, 0.717) is 6.42 Å². The molecule has 1 rings (SSSR count). The van der Waals surface area contributed by atoms with Crippen molar-refractivity contribution in [3.05, 3.63) is 24.5 Å². The first-order chi connectivity index (χ1) is 12.4. The van der Waals surface area contributed by atoms with Crippen LogP contribution in [-0.4, -0.2) is 26.1 Å². The Balaban J connectivity index is 2.42. The maximum atomic E-state index is 12.4. The second-order valence-corrected chi connectivity index (χ2v) is 9.06. The van der Waals surface area contributed by atoms with Crippen molar-refractivity contribution in [3.63, 3.8) is 0 Å². The van der Waals surface area contributed by atoms with E-state index in [2.05, 4.69) is 24.3 Å². The fraction of sp³-hybridized carbons (Fsp3) is 0.789. The minimum Gasteiger partial charge on any atom is -0.381 e. The smallest absolute Gasteiger partial charge is 0.381 e. The van der Waals surface area contributed by atoms with Gasteiger partial charge in [-0.3, -0.25) is 0 Å². The lowest BCUT2D eigenvalue weighted by atomic mass is 9.91. The molecule has 4 nitrogen and oxygen atoms in total. The molecule has 0 saturated carbocycles. The van der Waals surface area contributed by atoms with Gasteiger partial charge in [0, 0.05) is 5.92 Å². The summed E-state index contributed by atoms with van der Waals surface area (Å²) >= 11 is 0. The van der Waals surface area contributed by atoms with Crippen molar-refractivity contribution < 1.29 is 30.5 Å². The molecule has 0 aromatic heterocycles. The molecule has 1 fully saturated rings. The third-order valence-electron chi connectivity index (χ3n) is 4.91. The number of alkyl halides is 3. The van der Waals surface area contributed by atoms with Gasteiger partial charge in [0.05, 0.1) is 12.2 Å². The van der Waals surface area contributed by atoms with Gasteiger partial charge in [0.2, 0.25) is 0 Å². The van der Waals surface area contributed by atoms with Gasteiger partial charge in [-0.15, -0.1) is 0 Å². The molecule has 0 bridgehead atoms. The quantitative estimate of drug-likeness (QED) is 0.189. The van der Waals surface area contributed by atoms with E-state index in [1.54, 1.807) is 6.92 Å². The molecule has 1 aliphatic heterocycles. The van der Waals surface area contributed by atoms with E-state index in [4.69, 9.17) is 4.74 Å². The molecule has 1 saturated heterocycles. The molecular formula is C19H31F3O4S. The van der Waals surface area contributed by atoms with Crippen LogP contribution in [0.1, 0.15) is 65.7 Å². The van der Waals surface area contributed by atoms with Crippen molar-refractivity contribution in [1.82, 2.24) is 0 Å². The van der Waals surface area contributed by atoms with Gasteiger partial charge in [-0.1, -0.05) is 46.8 Å². The van der Waals surface area contributed by atoms with Gasteiger partial charge in [0.25, 0.3) is 0 Å². The van der Waals surface area contributed by atoms with Crippen molar-refractivity contribution in [3.8, 4) is 0 Å². The van der Waals surface area contributed by atoms with Crippen LogP contribution in [-0.2, 0) is 19.0 Å². The Kier molecular flexibility index (Phi) is 8.86. The highest BCUT2D eigenvalue weighted by atomic mass is 32.2. The molecule has 27 heavy (non-hydrogen) atoms. The number of ether oxygens (including phenoxy) is 1. The normalized spacial score (nSPS) is 23.3. The third-order valence-corrected chi connectivity index (χ3v) is 5.91. The summed E-state index contributed by atoms with van der Waals surface area (Å²) in [5.74, 6) is -0.748. The van der Waals surface area contributed by atoms with Crippen molar-refractivity contribution in [1.29, 1.82) is 0 Å². The fourth-order valence-corrected chi connectivity index (χ4v) is 3.77. The summed E-state index contributed by atoms with van der Waals surface area (Å²) < 4.78 is 69.4. The highest BCUT2D eigenvalue weighted by Gasteiger charge is 2.49. The maximum Gasteiger partial charge on any atom is 0.534 e. The average Bonchev–Trinajstić information content (AvgIpc) is 2.89. The predicted molar refractivity (Wildman–Crippen MR) is 99.3 cm³/mol. The Hall–Kier alpha value is -1.02. The zero-order valence-corrected chi connectivity index (χ0v) is 17.2. The van der Waals surface area contributed by atoms with Gasteiger partial charge >= 0.3 is 15.6 Å². The number of allylic oxidation sites excluding steroid dienone is 1. The number of rotatable bonds is 11. The third kappa shape index (κ3) is 7.49. The van der Waals surface area contributed by atoms with Crippen LogP contribution in [0, 0.1) is 11.8 Å². The van der Waals surface area contributed by atoms with Crippen molar-refractivity contribution >= 4 is 10.1 Å². The Morgan fingerprint density at radius 1 is 1.33 bits per heavy atom. The Morgan fingerprint density at radius 2 is 1.96 bits per heavy atom. The Morgan fingerprint density at radius 3 is 2.52 bits per heavy atom. The average molecular weight is 413 g/mol. The van der Waals surface area contributed by atoms with Gasteiger partial charge in [-0.05, 0) is 43.6 Å². The molecule has 0 aliphatic carbocycles. The first kappa shape index (κ1) is 24.0. The molecule has 0 radical (unpaired) electrons. The monoisotopic (exact) mass is 412 g/mol. The predicted octanol–water partition coefficient (Wildman–Crippen LogP) is 5.71. The van der Waals surface area contributed by atoms with Gasteiger partial charge in [-0.25, -0.2) is 0 Å². The topological polar surface area (TPSA) is 52.6 Å². The maximum absolute atomic E-state index is 12.4. The lowest BCUT2D eigenvalue weighted by Crippen LogP contribution is -2.26. The van der Waals surface area contributed by atoms with Gasteiger partial charge in [-0.2, -0.15) is 21.6 Å². The summed E-state index contributed by atoms with van der Waals surface area (Å²) in [4.78, 5) is 0. The number of hydrogen-bond donors (Lipinski definition) is 0. The summed E-state index contributed by atoms with van der Waals surface area (Å²) in [6.07, 6.45) is 6.50. The van der Waals surface area contributed by atoms with Crippen LogP contribution in [0.25, 0.3) is 0 Å². The first-order valence-corrected chi connectivity index (χ1v) is 10.8. The van der Waals surface area contributed by atoms with Crippen LogP contribution in [0.2, 0.25) is 0 Å². The van der Waals surface area contributed by atoms with Crippen LogP contribution in [0.4, 0.5) is 13.2 Å². The van der Waals surface area contributed by atoms with Gasteiger partial charge in [0.1, 0.15) is 5.76 Å². The Labute approximate surface area is 160 Å². The number of halogens is 3. The molecule has 0 N–H and O–H groups in total. The molecular weight excluding hydrogens is 381 g/mol. The second-order valence-electron chi connectivity index (χ2n) is 7.52. The standard InChI is InChI=1S/C19H31F3O4S/c1-6-7-8-17-12-15(4)18(25-17)10-9-13(2)11-14(3)16(5)26-27(23,24)19(20,21)22/h13-14,17-18H,4-12H2,1-3H3/t13?,14-,17+,18+/m1/s1. The largest absolute Gasteiger partial charge is 0.534 e. The van der Waals surface area contributed by atoms with E-state index >= 15 is 0 Å². The molecule has 0 spiro atoms. The molecule has 4 atom stereocenters. The highest BCUT2D eigenvalue weighted by Crippen LogP contribution is 2.33. The van der Waals surface area contributed by atoms with Crippen LogP contribution in [0.3, 0.4) is 0 Å². The fourth-order valence-electron chi connectivity index (χ4n) is 3.23. The van der Waals surface area contributed by atoms with E-state index in [9.17, 15) is 21.6 Å². The summed E-state index contributed by atoms with van der Waals surface area (Å²) in [7, 11) is -5.66. The first-order valence-electron chi connectivity index (χ1n) is 9.40. The lowest BCUT2D eigenvalue weighted by molar-refractivity contribution is -0.0526. The Bertz CT molecular complexity index is 613. The molecule has 1 heterocycles. The molecule has 1 unspecified atom stereocenters. The van der Waals surface area contributed by atoms with Gasteiger partial charge in [0.15, 0.2) is 0 Å². The zero-order chi connectivity index (χ0) is 20.8. The second kappa shape index (κ2) is 9.96. The van der Waals surface area contributed by atoms with Crippen LogP contribution in [0.15, 0.2) is 24.5 Å². The number of hydrogen-bond acceptors (Lipinski definition) is 4. The summed E-state index contributed by atoms with van der Waals surface area (Å²) in [5, 5.41) is 0. The van der Waals surface area contributed by atoms with E-state index in [1.807, 2.05) is 6.92 Å².